The SMILES string of the molecule is CCOC(=O)C1CCN(c2cccc(S(=O)(=O)NC(=O)c3cccnc3N3CC(C)CC3(C)C)n2)CC1. The zero-order valence-corrected chi connectivity index (χ0v) is 22.6. The minimum Gasteiger partial charge on any atom is -0.466 e. The molecule has 2 aromatic rings. The lowest BCUT2D eigenvalue weighted by atomic mass is 9.97. The number of hydrogen-bond donors (Lipinski definition) is 1. The van der Waals surface area contributed by atoms with Gasteiger partial charge >= 0.3 is 5.97 Å². The summed E-state index contributed by atoms with van der Waals surface area (Å²) < 4.78 is 33.6. The minimum atomic E-state index is -4.24. The molecule has 2 aliphatic rings. The number of piperidine rings is 1. The molecule has 2 saturated heterocycles. The maximum atomic E-state index is 13.2. The van der Waals surface area contributed by atoms with Gasteiger partial charge in [-0.25, -0.2) is 14.7 Å². The van der Waals surface area contributed by atoms with Gasteiger partial charge in [0.15, 0.2) is 5.03 Å². The van der Waals surface area contributed by atoms with E-state index in [9.17, 15) is 18.0 Å². The van der Waals surface area contributed by atoms with E-state index >= 15 is 0 Å². The van der Waals surface area contributed by atoms with Crippen LogP contribution in [0.3, 0.4) is 0 Å². The topological polar surface area (TPSA) is 122 Å². The molecule has 1 unspecified atom stereocenters. The van der Waals surface area contributed by atoms with Crippen LogP contribution in [0.1, 0.15) is 57.3 Å². The van der Waals surface area contributed by atoms with E-state index in [-0.39, 0.29) is 28.0 Å². The lowest BCUT2D eigenvalue weighted by Gasteiger charge is -2.33. The van der Waals surface area contributed by atoms with E-state index in [2.05, 4.69) is 40.4 Å². The van der Waals surface area contributed by atoms with Gasteiger partial charge in [-0.3, -0.25) is 9.59 Å². The van der Waals surface area contributed by atoms with E-state index in [0.29, 0.717) is 50.1 Å². The Hall–Kier alpha value is -3.21. The first kappa shape index (κ1) is 26.8. The summed E-state index contributed by atoms with van der Waals surface area (Å²) in [4.78, 5) is 38.0. The maximum Gasteiger partial charge on any atom is 0.309 e. The van der Waals surface area contributed by atoms with Crippen molar-refractivity contribution in [1.29, 1.82) is 0 Å². The van der Waals surface area contributed by atoms with Gasteiger partial charge in [0.1, 0.15) is 11.6 Å². The van der Waals surface area contributed by atoms with Crippen molar-refractivity contribution in [3.05, 3.63) is 42.1 Å². The molecule has 200 valence electrons. The number of anilines is 2. The lowest BCUT2D eigenvalue weighted by Crippen LogP contribution is -2.41. The zero-order valence-electron chi connectivity index (χ0n) is 21.8. The number of ether oxygens (including phenoxy) is 1. The first-order chi connectivity index (χ1) is 17.5. The van der Waals surface area contributed by atoms with Gasteiger partial charge in [-0.2, -0.15) is 8.42 Å². The van der Waals surface area contributed by atoms with Gasteiger partial charge in [-0.1, -0.05) is 13.0 Å². The number of esters is 1. The molecule has 0 spiro atoms. The van der Waals surface area contributed by atoms with E-state index in [1.165, 1.54) is 6.07 Å². The van der Waals surface area contributed by atoms with Crippen LogP contribution >= 0.6 is 0 Å². The summed E-state index contributed by atoms with van der Waals surface area (Å²) in [5.41, 5.74) is -0.0105. The number of sulfonamides is 1. The third kappa shape index (κ3) is 5.87. The molecule has 0 saturated carbocycles. The van der Waals surface area contributed by atoms with Gasteiger partial charge in [0.05, 0.1) is 18.1 Å². The van der Waals surface area contributed by atoms with Crippen molar-refractivity contribution in [2.45, 2.75) is 57.5 Å². The van der Waals surface area contributed by atoms with Crippen LogP contribution in [0, 0.1) is 11.8 Å². The first-order valence-electron chi connectivity index (χ1n) is 12.7. The van der Waals surface area contributed by atoms with E-state index in [1.54, 1.807) is 37.4 Å². The smallest absolute Gasteiger partial charge is 0.309 e. The van der Waals surface area contributed by atoms with Crippen molar-refractivity contribution in [2.24, 2.45) is 11.8 Å². The Labute approximate surface area is 218 Å². The number of nitrogens with one attached hydrogen (secondary N) is 1. The van der Waals surface area contributed by atoms with E-state index in [0.717, 1.165) is 13.0 Å². The lowest BCUT2D eigenvalue weighted by molar-refractivity contribution is -0.148. The van der Waals surface area contributed by atoms with Crippen molar-refractivity contribution >= 4 is 33.5 Å². The average Bonchev–Trinajstić information content (AvgIpc) is 3.15. The predicted octanol–water partition coefficient (Wildman–Crippen LogP) is 3.00. The van der Waals surface area contributed by atoms with Crippen molar-refractivity contribution in [2.75, 3.05) is 36.0 Å². The van der Waals surface area contributed by atoms with Crippen LogP contribution in [0.2, 0.25) is 0 Å². The molecule has 1 amide bonds. The van der Waals surface area contributed by atoms with Gasteiger partial charge < -0.3 is 14.5 Å². The molecule has 2 aromatic heterocycles. The van der Waals surface area contributed by atoms with Gasteiger partial charge in [0.2, 0.25) is 0 Å². The van der Waals surface area contributed by atoms with Crippen LogP contribution in [0.25, 0.3) is 0 Å². The number of nitrogens with zero attached hydrogens (tertiary/aromatic N) is 4. The molecule has 0 aromatic carbocycles. The highest BCUT2D eigenvalue weighted by atomic mass is 32.2. The van der Waals surface area contributed by atoms with E-state index < -0.39 is 15.9 Å². The highest BCUT2D eigenvalue weighted by Crippen LogP contribution is 2.37. The molecule has 0 radical (unpaired) electrons. The molecule has 1 N–H and O–H groups in total. The van der Waals surface area contributed by atoms with Crippen LogP contribution in [0.5, 0.6) is 0 Å². The van der Waals surface area contributed by atoms with Gasteiger partial charge in [-0.15, -0.1) is 0 Å². The predicted molar refractivity (Wildman–Crippen MR) is 140 cm³/mol. The van der Waals surface area contributed by atoms with Crippen LogP contribution in [-0.4, -0.2) is 62.0 Å². The second-order valence-electron chi connectivity index (χ2n) is 10.4. The molecule has 0 aliphatic carbocycles. The van der Waals surface area contributed by atoms with E-state index in [4.69, 9.17) is 4.74 Å². The van der Waals surface area contributed by atoms with Gasteiger partial charge in [0, 0.05) is 31.4 Å². The van der Waals surface area contributed by atoms with Crippen LogP contribution in [-0.2, 0) is 19.6 Å². The first-order valence-corrected chi connectivity index (χ1v) is 14.2. The second-order valence-corrected chi connectivity index (χ2v) is 12.0. The molecular formula is C26H35N5O5S. The number of carbonyl (C=O) groups excluding carboxylic acids is 2. The summed E-state index contributed by atoms with van der Waals surface area (Å²) in [6.45, 7) is 10.3. The quantitative estimate of drug-likeness (QED) is 0.539. The van der Waals surface area contributed by atoms with Gasteiger partial charge in [0.25, 0.3) is 15.9 Å². The maximum absolute atomic E-state index is 13.2. The number of rotatable bonds is 7. The Morgan fingerprint density at radius 3 is 2.54 bits per heavy atom. The summed E-state index contributed by atoms with van der Waals surface area (Å²) >= 11 is 0. The third-order valence-electron chi connectivity index (χ3n) is 7.01. The summed E-state index contributed by atoms with van der Waals surface area (Å²) in [6.07, 6.45) is 3.75. The average molecular weight is 530 g/mol. The molecule has 10 nitrogen and oxygen atoms in total. The van der Waals surface area contributed by atoms with Gasteiger partial charge in [-0.05, 0) is 70.2 Å². The Morgan fingerprint density at radius 1 is 1.16 bits per heavy atom. The van der Waals surface area contributed by atoms with Crippen LogP contribution in [0.15, 0.2) is 41.6 Å². The highest BCUT2D eigenvalue weighted by molar-refractivity contribution is 7.90. The van der Waals surface area contributed by atoms with Crippen molar-refractivity contribution < 1.29 is 22.7 Å². The number of carbonyl (C=O) groups is 2. The molecule has 2 fully saturated rings. The molecule has 2 aliphatic heterocycles. The molecule has 0 bridgehead atoms. The Morgan fingerprint density at radius 2 is 1.89 bits per heavy atom. The Kier molecular flexibility index (Phi) is 7.72. The fourth-order valence-electron chi connectivity index (χ4n) is 5.31. The number of pyridine rings is 2. The molecule has 4 heterocycles. The molecule has 1 atom stereocenters. The van der Waals surface area contributed by atoms with Crippen molar-refractivity contribution in [3.8, 4) is 0 Å². The zero-order chi connectivity index (χ0) is 26.8. The summed E-state index contributed by atoms with van der Waals surface area (Å²) in [7, 11) is -4.24. The molecule has 4 rings (SSSR count). The fraction of sp³-hybridized carbons (Fsp3) is 0.538. The second kappa shape index (κ2) is 10.6. The molecular weight excluding hydrogens is 494 g/mol. The summed E-state index contributed by atoms with van der Waals surface area (Å²) in [5, 5.41) is -0.244. The van der Waals surface area contributed by atoms with Crippen LogP contribution < -0.4 is 14.5 Å². The third-order valence-corrected chi connectivity index (χ3v) is 8.24. The van der Waals surface area contributed by atoms with Crippen molar-refractivity contribution in [3.63, 3.8) is 0 Å². The van der Waals surface area contributed by atoms with Crippen LogP contribution in [0.4, 0.5) is 11.6 Å². The fourth-order valence-corrected chi connectivity index (χ4v) is 6.24. The molecule has 37 heavy (non-hydrogen) atoms. The number of amides is 1. The largest absolute Gasteiger partial charge is 0.466 e. The Balaban J connectivity index is 1.50. The number of hydrogen-bond acceptors (Lipinski definition) is 9. The summed E-state index contributed by atoms with van der Waals surface area (Å²) in [5.74, 6) is 0.255. The number of aromatic nitrogens is 2. The van der Waals surface area contributed by atoms with E-state index in [1.807, 2.05) is 4.90 Å². The summed E-state index contributed by atoms with van der Waals surface area (Å²) in [6, 6.07) is 7.89. The Bertz CT molecular complexity index is 1260. The normalized spacial score (nSPS) is 20.1. The van der Waals surface area contributed by atoms with Crippen molar-refractivity contribution in [1.82, 2.24) is 14.7 Å². The molecule has 11 heteroatoms. The minimum absolute atomic E-state index is 0.167. The highest BCUT2D eigenvalue weighted by Gasteiger charge is 2.39. The standard InChI is InChI=1S/C26H35N5O5S/c1-5-36-25(33)19-11-14-30(15-12-19)21-9-6-10-22(28-21)37(34,35)29-24(32)20-8-7-13-27-23(20)31-17-18(2)16-26(31,3)4/h6-10,13,18-19H,5,11-12,14-17H2,1-4H3,(H,29,32). The monoisotopic (exact) mass is 529 g/mol.